The standard InChI is InChI=1S/C10H9BrFNO4/c11-8-4(1-6(13)10(14)15)5(12)2-7-9(8)17-3-16-7/h2,6H,1,3,13H2,(H,14,15). The van der Waals surface area contributed by atoms with Crippen LogP contribution in [0, 0.1) is 5.82 Å². The molecule has 1 aromatic rings. The maximum Gasteiger partial charge on any atom is 0.320 e. The van der Waals surface area contributed by atoms with Gasteiger partial charge in [0, 0.05) is 18.1 Å². The number of carboxylic acid groups (broad SMARTS) is 1. The van der Waals surface area contributed by atoms with Crippen LogP contribution in [0.3, 0.4) is 0 Å². The summed E-state index contributed by atoms with van der Waals surface area (Å²) in [6.45, 7) is 0.0157. The Morgan fingerprint density at radius 1 is 1.65 bits per heavy atom. The molecule has 0 saturated heterocycles. The number of hydrogen-bond acceptors (Lipinski definition) is 4. The summed E-state index contributed by atoms with van der Waals surface area (Å²) in [5, 5.41) is 8.70. The molecule has 7 heteroatoms. The summed E-state index contributed by atoms with van der Waals surface area (Å²) in [5.41, 5.74) is 5.54. The Labute approximate surface area is 104 Å². The van der Waals surface area contributed by atoms with Gasteiger partial charge in [-0.25, -0.2) is 4.39 Å². The van der Waals surface area contributed by atoms with Crippen molar-refractivity contribution in [1.29, 1.82) is 0 Å². The van der Waals surface area contributed by atoms with Crippen molar-refractivity contribution >= 4 is 21.9 Å². The highest BCUT2D eigenvalue weighted by atomic mass is 79.9. The Morgan fingerprint density at radius 2 is 2.35 bits per heavy atom. The van der Waals surface area contributed by atoms with Gasteiger partial charge in [-0.05, 0) is 15.9 Å². The Morgan fingerprint density at radius 3 is 3.00 bits per heavy atom. The van der Waals surface area contributed by atoms with E-state index < -0.39 is 17.8 Å². The lowest BCUT2D eigenvalue weighted by Gasteiger charge is -2.11. The molecule has 1 aromatic carbocycles. The van der Waals surface area contributed by atoms with Crippen molar-refractivity contribution in [2.75, 3.05) is 6.79 Å². The molecule has 1 heterocycles. The van der Waals surface area contributed by atoms with E-state index in [9.17, 15) is 9.18 Å². The average Bonchev–Trinajstić information content (AvgIpc) is 2.71. The van der Waals surface area contributed by atoms with Crippen LogP contribution in [0.25, 0.3) is 0 Å². The van der Waals surface area contributed by atoms with Gasteiger partial charge in [0.25, 0.3) is 0 Å². The zero-order valence-corrected chi connectivity index (χ0v) is 10.2. The second kappa shape index (κ2) is 4.50. The largest absolute Gasteiger partial charge is 0.480 e. The first-order valence-corrected chi connectivity index (χ1v) is 5.55. The number of carboxylic acids is 1. The summed E-state index contributed by atoms with van der Waals surface area (Å²) in [7, 11) is 0. The zero-order valence-electron chi connectivity index (χ0n) is 8.57. The van der Waals surface area contributed by atoms with Crippen molar-refractivity contribution in [1.82, 2.24) is 0 Å². The predicted molar refractivity (Wildman–Crippen MR) is 59.5 cm³/mol. The van der Waals surface area contributed by atoms with Crippen molar-refractivity contribution in [3.05, 3.63) is 21.9 Å². The summed E-state index contributed by atoms with van der Waals surface area (Å²) in [6.07, 6.45) is -0.127. The van der Waals surface area contributed by atoms with Gasteiger partial charge in [0.15, 0.2) is 11.5 Å². The fourth-order valence-corrected chi connectivity index (χ4v) is 2.17. The number of ether oxygens (including phenoxy) is 2. The van der Waals surface area contributed by atoms with Crippen LogP contribution >= 0.6 is 15.9 Å². The first-order valence-electron chi connectivity index (χ1n) is 4.75. The first-order chi connectivity index (χ1) is 8.00. The molecule has 1 atom stereocenters. The first kappa shape index (κ1) is 12.1. The number of nitrogens with two attached hydrogens (primary N) is 1. The van der Waals surface area contributed by atoms with Crippen molar-refractivity contribution in [3.63, 3.8) is 0 Å². The minimum absolute atomic E-state index is 0.0157. The van der Waals surface area contributed by atoms with Gasteiger partial charge < -0.3 is 20.3 Å². The van der Waals surface area contributed by atoms with Gasteiger partial charge in [0.05, 0.1) is 4.47 Å². The summed E-state index contributed by atoms with van der Waals surface area (Å²) < 4.78 is 24.2. The Kier molecular flexibility index (Phi) is 3.21. The number of halogens is 2. The monoisotopic (exact) mass is 305 g/mol. The van der Waals surface area contributed by atoms with Crippen molar-refractivity contribution in [2.45, 2.75) is 12.5 Å². The molecule has 0 amide bonds. The van der Waals surface area contributed by atoms with Gasteiger partial charge in [0.1, 0.15) is 11.9 Å². The third-order valence-corrected chi connectivity index (χ3v) is 3.23. The average molecular weight is 306 g/mol. The molecule has 3 N–H and O–H groups in total. The molecule has 17 heavy (non-hydrogen) atoms. The van der Waals surface area contributed by atoms with Crippen LogP contribution in [0.15, 0.2) is 10.5 Å². The van der Waals surface area contributed by atoms with Crippen LogP contribution < -0.4 is 15.2 Å². The fraction of sp³-hybridized carbons (Fsp3) is 0.300. The van der Waals surface area contributed by atoms with E-state index >= 15 is 0 Å². The number of benzene rings is 1. The van der Waals surface area contributed by atoms with Gasteiger partial charge in [0.2, 0.25) is 6.79 Å². The molecule has 0 aliphatic carbocycles. The second-order valence-electron chi connectivity index (χ2n) is 3.53. The summed E-state index contributed by atoms with van der Waals surface area (Å²) in [6, 6.07) is -0.00189. The maximum absolute atomic E-state index is 13.7. The highest BCUT2D eigenvalue weighted by Gasteiger charge is 2.25. The summed E-state index contributed by atoms with van der Waals surface area (Å²) >= 11 is 3.17. The molecule has 0 saturated carbocycles. The van der Waals surface area contributed by atoms with Crippen LogP contribution in [0.1, 0.15) is 5.56 Å². The van der Waals surface area contributed by atoms with Gasteiger partial charge in [-0.15, -0.1) is 0 Å². The molecule has 0 fully saturated rings. The number of rotatable bonds is 3. The smallest absolute Gasteiger partial charge is 0.320 e. The fourth-order valence-electron chi connectivity index (χ4n) is 1.51. The van der Waals surface area contributed by atoms with Crippen LogP contribution in [-0.4, -0.2) is 23.9 Å². The SMILES string of the molecule is NC(Cc1c(F)cc2c(c1Br)OCO2)C(=O)O. The van der Waals surface area contributed by atoms with Gasteiger partial charge in [-0.1, -0.05) is 0 Å². The predicted octanol–water partition coefficient (Wildman–Crippen LogP) is 1.27. The zero-order chi connectivity index (χ0) is 12.6. The summed E-state index contributed by atoms with van der Waals surface area (Å²) in [5.74, 6) is -1.09. The van der Waals surface area contributed by atoms with Crippen LogP contribution in [-0.2, 0) is 11.2 Å². The van der Waals surface area contributed by atoms with E-state index in [-0.39, 0.29) is 18.8 Å². The molecular weight excluding hydrogens is 297 g/mol. The van der Waals surface area contributed by atoms with Gasteiger partial charge in [-0.3, -0.25) is 4.79 Å². The number of carbonyl (C=O) groups is 1. The Hall–Kier alpha value is -1.34. The molecule has 2 rings (SSSR count). The highest BCUT2D eigenvalue weighted by molar-refractivity contribution is 9.10. The quantitative estimate of drug-likeness (QED) is 0.879. The van der Waals surface area contributed by atoms with Crippen LogP contribution in [0.4, 0.5) is 4.39 Å². The van der Waals surface area contributed by atoms with E-state index in [0.717, 1.165) is 6.07 Å². The van der Waals surface area contributed by atoms with Crippen LogP contribution in [0.2, 0.25) is 0 Å². The minimum Gasteiger partial charge on any atom is -0.480 e. The topological polar surface area (TPSA) is 81.8 Å². The van der Waals surface area contributed by atoms with Crippen molar-refractivity contribution in [2.24, 2.45) is 5.73 Å². The van der Waals surface area contributed by atoms with Crippen molar-refractivity contribution < 1.29 is 23.8 Å². The van der Waals surface area contributed by atoms with E-state index in [1.165, 1.54) is 0 Å². The maximum atomic E-state index is 13.7. The van der Waals surface area contributed by atoms with E-state index in [2.05, 4.69) is 15.9 Å². The molecule has 0 radical (unpaired) electrons. The Balaban J connectivity index is 2.38. The van der Waals surface area contributed by atoms with E-state index in [1.807, 2.05) is 0 Å². The normalized spacial score (nSPS) is 14.8. The summed E-state index contributed by atoms with van der Waals surface area (Å²) in [4.78, 5) is 10.6. The molecule has 0 aromatic heterocycles. The molecule has 1 aliphatic rings. The Bertz CT molecular complexity index is 480. The highest BCUT2D eigenvalue weighted by Crippen LogP contribution is 2.42. The number of fused-ring (bicyclic) bond motifs is 1. The lowest BCUT2D eigenvalue weighted by molar-refractivity contribution is -0.138. The van der Waals surface area contributed by atoms with Gasteiger partial charge in [-0.2, -0.15) is 0 Å². The van der Waals surface area contributed by atoms with Gasteiger partial charge >= 0.3 is 5.97 Å². The lowest BCUT2D eigenvalue weighted by atomic mass is 10.1. The molecule has 1 unspecified atom stereocenters. The van der Waals surface area contributed by atoms with E-state index in [0.29, 0.717) is 16.0 Å². The molecule has 1 aliphatic heterocycles. The van der Waals surface area contributed by atoms with E-state index in [1.54, 1.807) is 0 Å². The molecule has 0 bridgehead atoms. The molecule has 92 valence electrons. The minimum atomic E-state index is -1.19. The third-order valence-electron chi connectivity index (χ3n) is 2.39. The van der Waals surface area contributed by atoms with Crippen LogP contribution in [0.5, 0.6) is 11.5 Å². The van der Waals surface area contributed by atoms with Crippen molar-refractivity contribution in [3.8, 4) is 11.5 Å². The lowest BCUT2D eigenvalue weighted by Crippen LogP contribution is -2.32. The molecular formula is C10H9BrFNO4. The third kappa shape index (κ3) is 2.20. The molecule has 5 nitrogen and oxygen atoms in total. The van der Waals surface area contributed by atoms with E-state index in [4.69, 9.17) is 20.3 Å². The molecule has 0 spiro atoms. The second-order valence-corrected chi connectivity index (χ2v) is 4.33. The number of hydrogen-bond donors (Lipinski definition) is 2. The number of aliphatic carboxylic acids is 1.